The number of para-hydroxylation sites is 1. The third-order valence-electron chi connectivity index (χ3n) is 5.09. The highest BCUT2D eigenvalue weighted by Gasteiger charge is 2.33. The van der Waals surface area contributed by atoms with Crippen LogP contribution in [0.5, 0.6) is 0 Å². The van der Waals surface area contributed by atoms with Crippen LogP contribution in [-0.2, 0) is 4.79 Å². The number of nitrogens with zero attached hydrogens (tertiary/aromatic N) is 4. The van der Waals surface area contributed by atoms with Gasteiger partial charge in [-0.15, -0.1) is 0 Å². The van der Waals surface area contributed by atoms with Crippen molar-refractivity contribution in [2.24, 2.45) is 10.1 Å². The van der Waals surface area contributed by atoms with Gasteiger partial charge in [0, 0.05) is 24.3 Å². The first-order valence-electron chi connectivity index (χ1n) is 10.2. The third-order valence-corrected chi connectivity index (χ3v) is 5.09. The molecule has 3 aromatic rings. The van der Waals surface area contributed by atoms with Crippen LogP contribution in [0.3, 0.4) is 0 Å². The van der Waals surface area contributed by atoms with Crippen molar-refractivity contribution in [3.63, 3.8) is 0 Å². The molecule has 0 aromatic heterocycles. The molecular formula is C25H24N4O. The second kappa shape index (κ2) is 8.74. The molecule has 150 valence electrons. The number of hydrogen-bond donors (Lipinski definition) is 0. The zero-order valence-corrected chi connectivity index (χ0v) is 17.2. The Hall–Kier alpha value is -3.73. The molecule has 0 spiro atoms. The van der Waals surface area contributed by atoms with Crippen LogP contribution in [0.1, 0.15) is 19.4 Å². The number of hydrogen-bond acceptors (Lipinski definition) is 4. The molecule has 1 aliphatic heterocycles. The van der Waals surface area contributed by atoms with Crippen molar-refractivity contribution in [1.82, 2.24) is 0 Å². The Morgan fingerprint density at radius 2 is 1.43 bits per heavy atom. The van der Waals surface area contributed by atoms with Gasteiger partial charge < -0.3 is 4.90 Å². The molecule has 0 atom stereocenters. The lowest BCUT2D eigenvalue weighted by Gasteiger charge is -2.20. The standard InChI is InChI=1S/C25H24N4O/c1-3-28(4-2)21-17-15-20(16-18-21)26-24-23(19-11-7-5-8-12-19)27-29(25(24)30)22-13-9-6-10-14-22/h5-18H,3-4H2,1-2H3. The molecule has 1 heterocycles. The maximum Gasteiger partial charge on any atom is 0.299 e. The van der Waals surface area contributed by atoms with Crippen LogP contribution in [0.2, 0.25) is 0 Å². The molecule has 0 radical (unpaired) electrons. The van der Waals surface area contributed by atoms with E-state index >= 15 is 0 Å². The van der Waals surface area contributed by atoms with E-state index in [-0.39, 0.29) is 5.91 Å². The van der Waals surface area contributed by atoms with Gasteiger partial charge in [0.25, 0.3) is 5.91 Å². The molecule has 1 aliphatic rings. The Kier molecular flexibility index (Phi) is 5.70. The second-order valence-electron chi connectivity index (χ2n) is 6.92. The molecule has 30 heavy (non-hydrogen) atoms. The van der Waals surface area contributed by atoms with Crippen LogP contribution in [0, 0.1) is 0 Å². The van der Waals surface area contributed by atoms with E-state index in [1.807, 2.05) is 84.9 Å². The fourth-order valence-corrected chi connectivity index (χ4v) is 3.49. The quantitative estimate of drug-likeness (QED) is 0.585. The fraction of sp³-hybridized carbons (Fsp3) is 0.160. The number of rotatable bonds is 6. The Morgan fingerprint density at radius 3 is 2.03 bits per heavy atom. The lowest BCUT2D eigenvalue weighted by molar-refractivity contribution is -0.112. The Balaban J connectivity index is 1.73. The van der Waals surface area contributed by atoms with Crippen LogP contribution in [0.15, 0.2) is 95.0 Å². The molecular weight excluding hydrogens is 372 g/mol. The molecule has 4 rings (SSSR count). The SMILES string of the molecule is CCN(CC)c1ccc(N=C2C(=O)N(c3ccccc3)N=C2c2ccccc2)cc1. The van der Waals surface area contributed by atoms with E-state index in [0.29, 0.717) is 11.4 Å². The highest BCUT2D eigenvalue weighted by Crippen LogP contribution is 2.25. The van der Waals surface area contributed by atoms with Gasteiger partial charge in [0.15, 0.2) is 5.71 Å². The monoisotopic (exact) mass is 396 g/mol. The molecule has 0 fully saturated rings. The van der Waals surface area contributed by atoms with Gasteiger partial charge in [-0.3, -0.25) is 4.79 Å². The van der Waals surface area contributed by atoms with E-state index < -0.39 is 0 Å². The van der Waals surface area contributed by atoms with Crippen molar-refractivity contribution < 1.29 is 4.79 Å². The predicted octanol–water partition coefficient (Wildman–Crippen LogP) is 5.06. The Bertz CT molecular complexity index is 1070. The summed E-state index contributed by atoms with van der Waals surface area (Å²) in [6.45, 7) is 6.16. The van der Waals surface area contributed by atoms with Crippen LogP contribution < -0.4 is 9.91 Å². The summed E-state index contributed by atoms with van der Waals surface area (Å²) in [4.78, 5) is 20.2. The molecule has 0 saturated carbocycles. The number of aliphatic imine (C=N–C) groups is 1. The zero-order valence-electron chi connectivity index (χ0n) is 17.2. The number of amides is 1. The predicted molar refractivity (Wildman–Crippen MR) is 124 cm³/mol. The fourth-order valence-electron chi connectivity index (χ4n) is 3.49. The van der Waals surface area contributed by atoms with Crippen molar-refractivity contribution in [3.05, 3.63) is 90.5 Å². The topological polar surface area (TPSA) is 48.3 Å². The first kappa shape index (κ1) is 19.6. The van der Waals surface area contributed by atoms with Crippen LogP contribution in [-0.4, -0.2) is 30.4 Å². The van der Waals surface area contributed by atoms with Gasteiger partial charge in [-0.1, -0.05) is 48.5 Å². The molecule has 5 nitrogen and oxygen atoms in total. The third kappa shape index (κ3) is 3.87. The maximum atomic E-state index is 13.2. The Labute approximate surface area is 177 Å². The molecule has 0 saturated heterocycles. The largest absolute Gasteiger partial charge is 0.372 e. The molecule has 3 aromatic carbocycles. The molecule has 0 unspecified atom stereocenters. The summed E-state index contributed by atoms with van der Waals surface area (Å²) < 4.78 is 0. The number of anilines is 2. The number of carbonyl (C=O) groups excluding carboxylic acids is 1. The molecule has 1 amide bonds. The van der Waals surface area contributed by atoms with E-state index in [1.54, 1.807) is 0 Å². The van der Waals surface area contributed by atoms with Gasteiger partial charge in [-0.25, -0.2) is 4.99 Å². The first-order valence-corrected chi connectivity index (χ1v) is 10.2. The maximum absolute atomic E-state index is 13.2. The molecule has 0 N–H and O–H groups in total. The van der Waals surface area contributed by atoms with Gasteiger partial charge >= 0.3 is 0 Å². The average molecular weight is 396 g/mol. The van der Waals surface area contributed by atoms with Crippen molar-refractivity contribution in [2.75, 3.05) is 23.0 Å². The van der Waals surface area contributed by atoms with E-state index in [0.717, 1.165) is 35.7 Å². The number of hydrazone groups is 1. The lowest BCUT2D eigenvalue weighted by atomic mass is 10.1. The second-order valence-corrected chi connectivity index (χ2v) is 6.92. The van der Waals surface area contributed by atoms with E-state index in [2.05, 4.69) is 23.8 Å². The van der Waals surface area contributed by atoms with E-state index in [9.17, 15) is 4.79 Å². The molecule has 0 bridgehead atoms. The van der Waals surface area contributed by atoms with Crippen LogP contribution in [0.4, 0.5) is 17.1 Å². The average Bonchev–Trinajstić information content (AvgIpc) is 3.13. The van der Waals surface area contributed by atoms with Crippen molar-refractivity contribution in [3.8, 4) is 0 Å². The van der Waals surface area contributed by atoms with Gasteiger partial charge in [0.1, 0.15) is 5.71 Å². The summed E-state index contributed by atoms with van der Waals surface area (Å²) in [5, 5.41) is 6.04. The summed E-state index contributed by atoms with van der Waals surface area (Å²) >= 11 is 0. The lowest BCUT2D eigenvalue weighted by Crippen LogP contribution is -2.27. The minimum absolute atomic E-state index is 0.229. The van der Waals surface area contributed by atoms with Crippen molar-refractivity contribution in [1.29, 1.82) is 0 Å². The minimum Gasteiger partial charge on any atom is -0.372 e. The summed E-state index contributed by atoms with van der Waals surface area (Å²) in [6, 6.07) is 27.1. The van der Waals surface area contributed by atoms with Crippen molar-refractivity contribution >= 4 is 34.4 Å². The zero-order chi connectivity index (χ0) is 20.9. The normalized spacial score (nSPS) is 14.9. The molecule has 5 heteroatoms. The van der Waals surface area contributed by atoms with Gasteiger partial charge in [-0.05, 0) is 50.2 Å². The van der Waals surface area contributed by atoms with Crippen LogP contribution in [0.25, 0.3) is 0 Å². The van der Waals surface area contributed by atoms with Crippen LogP contribution >= 0.6 is 0 Å². The van der Waals surface area contributed by atoms with Gasteiger partial charge in [0.05, 0.1) is 11.4 Å². The molecule has 0 aliphatic carbocycles. The summed E-state index contributed by atoms with van der Waals surface area (Å²) in [5.41, 5.74) is 4.39. The number of carbonyl (C=O) groups is 1. The summed E-state index contributed by atoms with van der Waals surface area (Å²) in [6.07, 6.45) is 0. The summed E-state index contributed by atoms with van der Waals surface area (Å²) in [7, 11) is 0. The highest BCUT2D eigenvalue weighted by molar-refractivity contribution is 6.74. The van der Waals surface area contributed by atoms with Crippen molar-refractivity contribution in [2.45, 2.75) is 13.8 Å². The first-order chi connectivity index (χ1) is 14.7. The van der Waals surface area contributed by atoms with Gasteiger partial charge in [0.2, 0.25) is 0 Å². The minimum atomic E-state index is -0.229. The van der Waals surface area contributed by atoms with Gasteiger partial charge in [-0.2, -0.15) is 10.1 Å². The highest BCUT2D eigenvalue weighted by atomic mass is 16.2. The van der Waals surface area contributed by atoms with E-state index in [4.69, 9.17) is 4.99 Å². The smallest absolute Gasteiger partial charge is 0.299 e. The Morgan fingerprint density at radius 1 is 0.833 bits per heavy atom. The summed E-state index contributed by atoms with van der Waals surface area (Å²) in [5.74, 6) is -0.229. The number of benzene rings is 3. The van der Waals surface area contributed by atoms with E-state index in [1.165, 1.54) is 5.01 Å².